The highest BCUT2D eigenvalue weighted by molar-refractivity contribution is 6.34. The average Bonchev–Trinajstić information content (AvgIpc) is 3.41. The first-order chi connectivity index (χ1) is 18.3. The molecule has 0 aliphatic carbocycles. The number of aromatic carboxylic acids is 1. The Kier molecular flexibility index (Phi) is 6.10. The lowest BCUT2D eigenvalue weighted by molar-refractivity contribution is -0.138. The van der Waals surface area contributed by atoms with Crippen LogP contribution in [-0.2, 0) is 11.0 Å². The summed E-state index contributed by atoms with van der Waals surface area (Å²) in [6.45, 7) is 0. The number of carbonyl (C=O) groups is 4. The summed E-state index contributed by atoms with van der Waals surface area (Å²) < 4.78 is 56.2. The van der Waals surface area contributed by atoms with Crippen molar-refractivity contribution < 1.29 is 41.8 Å². The van der Waals surface area contributed by atoms with Crippen molar-refractivity contribution in [2.75, 3.05) is 0 Å². The van der Waals surface area contributed by atoms with Gasteiger partial charge in [0.05, 0.1) is 27.2 Å². The van der Waals surface area contributed by atoms with Gasteiger partial charge in [-0.15, -0.1) is 0 Å². The zero-order valence-corrected chi connectivity index (χ0v) is 19.9. The summed E-state index contributed by atoms with van der Waals surface area (Å²) in [6.07, 6.45) is -4.96. The van der Waals surface area contributed by atoms with Gasteiger partial charge >= 0.3 is 18.2 Å². The normalized spacial score (nSPS) is 15.4. The minimum absolute atomic E-state index is 0.0844. The van der Waals surface area contributed by atoms with E-state index in [2.05, 4.69) is 10.4 Å². The Morgan fingerprint density at radius 2 is 1.79 bits per heavy atom. The number of hydrogen-bond acceptors (Lipinski definition) is 5. The van der Waals surface area contributed by atoms with Gasteiger partial charge in [0.1, 0.15) is 17.6 Å². The van der Waals surface area contributed by atoms with Crippen LogP contribution in [0.3, 0.4) is 0 Å². The molecule has 2 heterocycles. The number of benzene rings is 3. The Hall–Kier alpha value is -4.78. The van der Waals surface area contributed by atoms with E-state index in [1.165, 1.54) is 18.2 Å². The summed E-state index contributed by atoms with van der Waals surface area (Å²) in [4.78, 5) is 48.9. The Labute approximate surface area is 220 Å². The van der Waals surface area contributed by atoms with Gasteiger partial charge in [-0.25, -0.2) is 14.0 Å². The first-order valence-electron chi connectivity index (χ1n) is 10.9. The lowest BCUT2D eigenvalue weighted by Crippen LogP contribution is -2.22. The quantitative estimate of drug-likeness (QED) is 0.243. The van der Waals surface area contributed by atoms with E-state index in [0.29, 0.717) is 10.7 Å². The van der Waals surface area contributed by atoms with Crippen molar-refractivity contribution in [3.8, 4) is 11.3 Å². The molecule has 3 N–H and O–H groups in total. The lowest BCUT2D eigenvalue weighted by atomic mass is 10.0. The molecule has 0 spiro atoms. The number of nitrogens with one attached hydrogen (secondary N) is 2. The van der Waals surface area contributed by atoms with Crippen LogP contribution >= 0.6 is 11.6 Å². The predicted octanol–water partition coefficient (Wildman–Crippen LogP) is 4.78. The highest BCUT2D eigenvalue weighted by Crippen LogP contribution is 2.37. The molecule has 1 atom stereocenters. The number of hydrogen-bond donors (Lipinski definition) is 3. The van der Waals surface area contributed by atoms with Crippen LogP contribution in [0.2, 0.25) is 5.02 Å². The van der Waals surface area contributed by atoms with E-state index in [4.69, 9.17) is 11.6 Å². The molecule has 198 valence electrons. The van der Waals surface area contributed by atoms with Gasteiger partial charge in [0.25, 0.3) is 11.8 Å². The number of aromatic nitrogens is 2. The third-order valence-corrected chi connectivity index (χ3v) is 6.27. The maximum absolute atomic E-state index is 14.3. The standard InChI is InChI=1S/C25H13ClF4N4O5/c26-16-3-1-2-15(25(28,29)30)18(16)22(36)34-17-9-10(20-21(35)32-24(39)31-20)4-5-14(17)19(33-34)11-6-12(23(37)38)8-13(27)7-11/h1-9,20H,(H,37,38)(H2,31,32,35,39). The zero-order chi connectivity index (χ0) is 28.2. The second-order valence-electron chi connectivity index (χ2n) is 8.43. The third-order valence-electron chi connectivity index (χ3n) is 5.96. The number of rotatable bonds is 4. The second-order valence-corrected chi connectivity index (χ2v) is 8.84. The topological polar surface area (TPSA) is 130 Å². The third kappa shape index (κ3) is 4.56. The Bertz CT molecular complexity index is 1730. The van der Waals surface area contributed by atoms with Crippen molar-refractivity contribution in [3.05, 3.63) is 87.7 Å². The maximum Gasteiger partial charge on any atom is 0.417 e. The van der Waals surface area contributed by atoms with E-state index < -0.39 is 63.6 Å². The number of alkyl halides is 3. The van der Waals surface area contributed by atoms with E-state index in [1.807, 2.05) is 5.32 Å². The fraction of sp³-hybridized carbons (Fsp3) is 0.0800. The van der Waals surface area contributed by atoms with Crippen LogP contribution < -0.4 is 10.6 Å². The lowest BCUT2D eigenvalue weighted by Gasteiger charge is -2.14. The molecule has 1 unspecified atom stereocenters. The SMILES string of the molecule is O=C1NC(=O)C(c2ccc3c(-c4cc(F)cc(C(=O)O)c4)nn(C(=O)c4c(Cl)cccc4C(F)(F)F)c3c2)N1. The molecular formula is C25H13ClF4N4O5. The molecule has 4 aromatic rings. The van der Waals surface area contributed by atoms with Crippen molar-refractivity contribution in [2.45, 2.75) is 12.2 Å². The molecule has 1 saturated heterocycles. The molecule has 5 rings (SSSR count). The van der Waals surface area contributed by atoms with E-state index >= 15 is 0 Å². The summed E-state index contributed by atoms with van der Waals surface area (Å²) in [5.74, 6) is -4.40. The van der Waals surface area contributed by atoms with Gasteiger partial charge in [0.15, 0.2) is 0 Å². The molecule has 3 aromatic carbocycles. The maximum atomic E-state index is 14.3. The molecule has 1 aliphatic heterocycles. The van der Waals surface area contributed by atoms with Crippen LogP contribution in [-0.4, -0.2) is 38.7 Å². The second kappa shape index (κ2) is 9.20. The fourth-order valence-electron chi connectivity index (χ4n) is 4.26. The number of urea groups is 1. The van der Waals surface area contributed by atoms with Crippen LogP contribution in [0.25, 0.3) is 22.2 Å². The van der Waals surface area contributed by atoms with Crippen LogP contribution in [0.1, 0.15) is 37.9 Å². The molecule has 39 heavy (non-hydrogen) atoms. The monoisotopic (exact) mass is 560 g/mol. The van der Waals surface area contributed by atoms with Gasteiger partial charge in [-0.2, -0.15) is 23.0 Å². The smallest absolute Gasteiger partial charge is 0.417 e. The summed E-state index contributed by atoms with van der Waals surface area (Å²) >= 11 is 6.02. The van der Waals surface area contributed by atoms with Crippen molar-refractivity contribution in [3.63, 3.8) is 0 Å². The van der Waals surface area contributed by atoms with Gasteiger partial charge in [0.2, 0.25) is 0 Å². The molecule has 0 bridgehead atoms. The fourth-order valence-corrected chi connectivity index (χ4v) is 4.52. The van der Waals surface area contributed by atoms with Gasteiger partial charge in [0, 0.05) is 10.9 Å². The summed E-state index contributed by atoms with van der Waals surface area (Å²) in [6, 6.07) is 7.61. The van der Waals surface area contributed by atoms with Crippen LogP contribution in [0, 0.1) is 5.82 Å². The summed E-state index contributed by atoms with van der Waals surface area (Å²) in [5.41, 5.74) is -2.85. The molecule has 9 nitrogen and oxygen atoms in total. The molecule has 0 saturated carbocycles. The minimum atomic E-state index is -4.96. The number of carboxylic acids is 1. The molecule has 1 aliphatic rings. The number of amides is 3. The number of imide groups is 1. The Morgan fingerprint density at radius 1 is 1.05 bits per heavy atom. The number of nitrogens with zero attached hydrogens (tertiary/aromatic N) is 2. The van der Waals surface area contributed by atoms with E-state index in [1.54, 1.807) is 0 Å². The molecular weight excluding hydrogens is 548 g/mol. The number of carboxylic acid groups (broad SMARTS) is 1. The Balaban J connectivity index is 1.78. The molecule has 1 aromatic heterocycles. The van der Waals surface area contributed by atoms with Crippen molar-refractivity contribution in [1.29, 1.82) is 0 Å². The van der Waals surface area contributed by atoms with Crippen LogP contribution in [0.15, 0.2) is 54.6 Å². The van der Waals surface area contributed by atoms with Crippen molar-refractivity contribution in [1.82, 2.24) is 20.4 Å². The van der Waals surface area contributed by atoms with Crippen LogP contribution in [0.4, 0.5) is 22.4 Å². The van der Waals surface area contributed by atoms with E-state index in [9.17, 15) is 41.8 Å². The first-order valence-corrected chi connectivity index (χ1v) is 11.3. The first kappa shape index (κ1) is 25.9. The summed E-state index contributed by atoms with van der Waals surface area (Å²) in [5, 5.41) is 17.5. The van der Waals surface area contributed by atoms with Gasteiger partial charge in [-0.1, -0.05) is 29.8 Å². The minimum Gasteiger partial charge on any atom is -0.478 e. The highest BCUT2D eigenvalue weighted by Gasteiger charge is 2.38. The van der Waals surface area contributed by atoms with Gasteiger partial charge in [-0.05, 0) is 42.0 Å². The number of fused-ring (bicyclic) bond motifs is 1. The average molecular weight is 561 g/mol. The van der Waals surface area contributed by atoms with Crippen LogP contribution in [0.5, 0.6) is 0 Å². The van der Waals surface area contributed by atoms with E-state index in [0.717, 1.165) is 30.3 Å². The predicted molar refractivity (Wildman–Crippen MR) is 128 cm³/mol. The highest BCUT2D eigenvalue weighted by atomic mass is 35.5. The molecule has 0 radical (unpaired) electrons. The van der Waals surface area contributed by atoms with Crippen molar-refractivity contribution >= 4 is 46.3 Å². The Morgan fingerprint density at radius 3 is 2.44 bits per heavy atom. The largest absolute Gasteiger partial charge is 0.478 e. The molecule has 14 heteroatoms. The number of carbonyl (C=O) groups excluding carboxylic acids is 3. The van der Waals surface area contributed by atoms with Gasteiger partial charge in [-0.3, -0.25) is 14.9 Å². The van der Waals surface area contributed by atoms with E-state index in [-0.39, 0.29) is 27.7 Å². The molecule has 1 fully saturated rings. The molecule has 3 amide bonds. The zero-order valence-electron chi connectivity index (χ0n) is 19.1. The van der Waals surface area contributed by atoms with Gasteiger partial charge < -0.3 is 10.4 Å². The van der Waals surface area contributed by atoms with Crippen molar-refractivity contribution in [2.24, 2.45) is 0 Å². The summed E-state index contributed by atoms with van der Waals surface area (Å²) in [7, 11) is 0. The number of halogens is 5.